The summed E-state index contributed by atoms with van der Waals surface area (Å²) >= 11 is 0. The van der Waals surface area contributed by atoms with Crippen LogP contribution < -0.4 is 5.32 Å². The van der Waals surface area contributed by atoms with E-state index >= 15 is 0 Å². The summed E-state index contributed by atoms with van der Waals surface area (Å²) in [4.78, 5) is 27.1. The monoisotopic (exact) mass is 266 g/mol. The first-order valence-electron chi connectivity index (χ1n) is 5.78. The van der Waals surface area contributed by atoms with Crippen molar-refractivity contribution in [1.82, 2.24) is 15.1 Å². The lowest BCUT2D eigenvalue weighted by Crippen LogP contribution is -2.36. The van der Waals surface area contributed by atoms with Crippen LogP contribution in [-0.4, -0.2) is 45.1 Å². The van der Waals surface area contributed by atoms with Gasteiger partial charge in [-0.05, 0) is 6.07 Å². The second-order valence-electron chi connectivity index (χ2n) is 4.13. The molecule has 2 rings (SSSR count). The van der Waals surface area contributed by atoms with Crippen LogP contribution in [0, 0.1) is 0 Å². The molecule has 1 atom stereocenters. The minimum absolute atomic E-state index is 0.00707. The molecule has 1 unspecified atom stereocenters. The van der Waals surface area contributed by atoms with Crippen molar-refractivity contribution in [3.63, 3.8) is 0 Å². The summed E-state index contributed by atoms with van der Waals surface area (Å²) in [6.45, 7) is 0.431. The molecule has 0 bridgehead atoms. The highest BCUT2D eigenvalue weighted by molar-refractivity contribution is 6.36. The number of aromatic nitrogens is 2. The van der Waals surface area contributed by atoms with Gasteiger partial charge >= 0.3 is 5.97 Å². The second-order valence-corrected chi connectivity index (χ2v) is 4.13. The van der Waals surface area contributed by atoms with E-state index in [9.17, 15) is 9.59 Å². The molecule has 1 amide bonds. The SMILES string of the molecule is Cn1nccc1CCNC(=O)C1CC(C(=O)O)=NO1. The summed E-state index contributed by atoms with van der Waals surface area (Å²) < 4.78 is 1.73. The van der Waals surface area contributed by atoms with E-state index in [0.29, 0.717) is 13.0 Å². The van der Waals surface area contributed by atoms with Gasteiger partial charge in [-0.2, -0.15) is 5.10 Å². The van der Waals surface area contributed by atoms with E-state index < -0.39 is 12.1 Å². The summed E-state index contributed by atoms with van der Waals surface area (Å²) in [5.41, 5.74) is 0.863. The molecule has 0 aromatic carbocycles. The van der Waals surface area contributed by atoms with E-state index in [1.807, 2.05) is 13.1 Å². The smallest absolute Gasteiger partial charge is 0.353 e. The molecule has 0 radical (unpaired) electrons. The third-order valence-electron chi connectivity index (χ3n) is 2.81. The fourth-order valence-corrected chi connectivity index (χ4v) is 1.72. The highest BCUT2D eigenvalue weighted by Crippen LogP contribution is 2.10. The van der Waals surface area contributed by atoms with Crippen molar-refractivity contribution in [2.45, 2.75) is 18.9 Å². The van der Waals surface area contributed by atoms with Gasteiger partial charge in [0.1, 0.15) is 0 Å². The highest BCUT2D eigenvalue weighted by atomic mass is 16.6. The lowest BCUT2D eigenvalue weighted by molar-refractivity contribution is -0.131. The van der Waals surface area contributed by atoms with E-state index in [4.69, 9.17) is 9.94 Å². The maximum Gasteiger partial charge on any atom is 0.353 e. The van der Waals surface area contributed by atoms with Gasteiger partial charge in [-0.15, -0.1) is 0 Å². The van der Waals surface area contributed by atoms with E-state index in [1.54, 1.807) is 10.9 Å². The molecule has 0 saturated carbocycles. The Labute approximate surface area is 109 Å². The molecule has 19 heavy (non-hydrogen) atoms. The highest BCUT2D eigenvalue weighted by Gasteiger charge is 2.31. The van der Waals surface area contributed by atoms with E-state index in [0.717, 1.165) is 5.69 Å². The van der Waals surface area contributed by atoms with E-state index in [-0.39, 0.29) is 18.0 Å². The number of carbonyl (C=O) groups is 2. The quantitative estimate of drug-likeness (QED) is 0.733. The van der Waals surface area contributed by atoms with Crippen LogP contribution in [0.2, 0.25) is 0 Å². The fourth-order valence-electron chi connectivity index (χ4n) is 1.72. The Kier molecular flexibility index (Phi) is 3.79. The Morgan fingerprint density at radius 2 is 2.42 bits per heavy atom. The molecule has 2 N–H and O–H groups in total. The molecule has 1 aliphatic heterocycles. The Balaban J connectivity index is 1.74. The van der Waals surface area contributed by atoms with Crippen LogP contribution in [0.3, 0.4) is 0 Å². The minimum atomic E-state index is -1.16. The first-order chi connectivity index (χ1) is 9.08. The van der Waals surface area contributed by atoms with Gasteiger partial charge in [-0.3, -0.25) is 9.48 Å². The van der Waals surface area contributed by atoms with Crippen molar-refractivity contribution in [3.8, 4) is 0 Å². The molecule has 1 aromatic heterocycles. The number of carboxylic acids is 1. The van der Waals surface area contributed by atoms with Crippen molar-refractivity contribution in [1.29, 1.82) is 0 Å². The standard InChI is InChI=1S/C11H14N4O4/c1-15-7(3-5-13-15)2-4-12-10(16)9-6-8(11(17)18)14-19-9/h3,5,9H,2,4,6H2,1H3,(H,12,16)(H,17,18). The number of hydrogen-bond donors (Lipinski definition) is 2. The molecule has 0 spiro atoms. The Morgan fingerprint density at radius 3 is 3.00 bits per heavy atom. The summed E-state index contributed by atoms with van der Waals surface area (Å²) in [5, 5.41) is 18.7. The summed E-state index contributed by atoms with van der Waals surface area (Å²) in [6, 6.07) is 1.86. The van der Waals surface area contributed by atoms with Crippen molar-refractivity contribution in [2.24, 2.45) is 12.2 Å². The topological polar surface area (TPSA) is 106 Å². The molecule has 8 nitrogen and oxygen atoms in total. The number of nitrogens with zero attached hydrogens (tertiary/aromatic N) is 3. The van der Waals surface area contributed by atoms with Gasteiger partial charge in [0.25, 0.3) is 5.91 Å². The summed E-state index contributed by atoms with van der Waals surface area (Å²) in [7, 11) is 1.82. The van der Waals surface area contributed by atoms with Crippen molar-refractivity contribution < 1.29 is 19.5 Å². The fraction of sp³-hybridized carbons (Fsp3) is 0.455. The van der Waals surface area contributed by atoms with Crippen LogP contribution >= 0.6 is 0 Å². The molecule has 0 aliphatic carbocycles. The number of oxime groups is 1. The summed E-state index contributed by atoms with van der Waals surface area (Å²) in [6.07, 6.45) is 1.47. The second kappa shape index (κ2) is 5.51. The van der Waals surface area contributed by atoms with Crippen molar-refractivity contribution in [3.05, 3.63) is 18.0 Å². The largest absolute Gasteiger partial charge is 0.477 e. The molecule has 0 fully saturated rings. The van der Waals surface area contributed by atoms with Gasteiger partial charge in [0, 0.05) is 38.3 Å². The molecular weight excluding hydrogens is 252 g/mol. The minimum Gasteiger partial charge on any atom is -0.477 e. The van der Waals surface area contributed by atoms with Crippen LogP contribution in [0.1, 0.15) is 12.1 Å². The first kappa shape index (κ1) is 13.1. The molecular formula is C11H14N4O4. The van der Waals surface area contributed by atoms with Gasteiger partial charge in [0.2, 0.25) is 6.10 Å². The van der Waals surface area contributed by atoms with Crippen LogP contribution in [0.15, 0.2) is 17.4 Å². The normalized spacial score (nSPS) is 17.7. The third kappa shape index (κ3) is 3.09. The summed E-state index contributed by atoms with van der Waals surface area (Å²) in [5.74, 6) is -1.52. The molecule has 0 saturated heterocycles. The zero-order valence-electron chi connectivity index (χ0n) is 10.4. The van der Waals surface area contributed by atoms with Crippen molar-refractivity contribution >= 4 is 17.6 Å². The number of carboxylic acid groups (broad SMARTS) is 1. The number of aryl methyl sites for hydroxylation is 1. The van der Waals surface area contributed by atoms with Gasteiger partial charge in [0.15, 0.2) is 5.71 Å². The van der Waals surface area contributed by atoms with Crippen LogP contribution in [-0.2, 0) is 27.9 Å². The maximum atomic E-state index is 11.7. The Hall–Kier alpha value is -2.38. The first-order valence-corrected chi connectivity index (χ1v) is 5.78. The number of carbonyl (C=O) groups excluding carboxylic acids is 1. The van der Waals surface area contributed by atoms with Crippen LogP contribution in [0.5, 0.6) is 0 Å². The van der Waals surface area contributed by atoms with Crippen LogP contribution in [0.4, 0.5) is 0 Å². The molecule has 8 heteroatoms. The van der Waals surface area contributed by atoms with E-state index in [2.05, 4.69) is 15.6 Å². The predicted molar refractivity (Wildman–Crippen MR) is 64.5 cm³/mol. The van der Waals surface area contributed by atoms with Gasteiger partial charge in [-0.1, -0.05) is 5.16 Å². The lowest BCUT2D eigenvalue weighted by Gasteiger charge is -2.09. The number of nitrogens with one attached hydrogen (secondary N) is 1. The number of rotatable bonds is 5. The molecule has 1 aromatic rings. The zero-order valence-corrected chi connectivity index (χ0v) is 10.4. The average Bonchev–Trinajstić information content (AvgIpc) is 2.98. The Morgan fingerprint density at radius 1 is 1.63 bits per heavy atom. The van der Waals surface area contributed by atoms with Crippen molar-refractivity contribution in [2.75, 3.05) is 6.54 Å². The maximum absolute atomic E-state index is 11.7. The Bertz CT molecular complexity index is 523. The molecule has 2 heterocycles. The third-order valence-corrected chi connectivity index (χ3v) is 2.81. The molecule has 1 aliphatic rings. The predicted octanol–water partition coefficient (Wildman–Crippen LogP) is -0.692. The van der Waals surface area contributed by atoms with Gasteiger partial charge in [0.05, 0.1) is 0 Å². The average molecular weight is 266 g/mol. The number of hydrogen-bond acceptors (Lipinski definition) is 5. The van der Waals surface area contributed by atoms with Gasteiger partial charge < -0.3 is 15.3 Å². The number of amides is 1. The van der Waals surface area contributed by atoms with Gasteiger partial charge in [-0.25, -0.2) is 4.79 Å². The molecule has 102 valence electrons. The number of aliphatic carboxylic acids is 1. The lowest BCUT2D eigenvalue weighted by atomic mass is 10.1. The zero-order chi connectivity index (χ0) is 13.8. The van der Waals surface area contributed by atoms with Crippen LogP contribution in [0.25, 0.3) is 0 Å². The van der Waals surface area contributed by atoms with E-state index in [1.165, 1.54) is 0 Å².